The Hall–Kier alpha value is -1.37. The van der Waals surface area contributed by atoms with Crippen molar-refractivity contribution in [2.24, 2.45) is 5.92 Å². The van der Waals surface area contributed by atoms with Gasteiger partial charge in [-0.3, -0.25) is 4.79 Å². The van der Waals surface area contributed by atoms with Gasteiger partial charge in [-0.15, -0.1) is 0 Å². The van der Waals surface area contributed by atoms with E-state index in [9.17, 15) is 4.79 Å². The van der Waals surface area contributed by atoms with E-state index < -0.39 is 0 Å². The molecule has 1 aromatic carbocycles. The first-order chi connectivity index (χ1) is 8.74. The monoisotopic (exact) mass is 240 g/mol. The average Bonchev–Trinajstić information content (AvgIpc) is 2.86. The molecule has 1 nitrogen and oxygen atoms in total. The lowest BCUT2D eigenvalue weighted by atomic mass is 9.87. The van der Waals surface area contributed by atoms with Gasteiger partial charge in [0.25, 0.3) is 0 Å². The Balaban J connectivity index is 1.84. The van der Waals surface area contributed by atoms with Gasteiger partial charge in [-0.1, -0.05) is 25.1 Å². The van der Waals surface area contributed by atoms with E-state index in [2.05, 4.69) is 25.1 Å². The molecule has 0 N–H and O–H groups in total. The molecule has 0 bridgehead atoms. The number of rotatable bonds is 2. The quantitative estimate of drug-likeness (QED) is 0.711. The number of benzene rings is 1. The van der Waals surface area contributed by atoms with Gasteiger partial charge in [0.2, 0.25) is 0 Å². The van der Waals surface area contributed by atoms with Crippen molar-refractivity contribution >= 4 is 5.78 Å². The Morgan fingerprint density at radius 2 is 2.00 bits per heavy atom. The minimum atomic E-state index is 0.261. The molecule has 1 aromatic rings. The molecule has 0 aromatic heterocycles. The van der Waals surface area contributed by atoms with Gasteiger partial charge >= 0.3 is 0 Å². The number of allylic oxidation sites excluding steroid dienone is 2. The summed E-state index contributed by atoms with van der Waals surface area (Å²) < 4.78 is 0. The topological polar surface area (TPSA) is 17.1 Å². The molecular formula is C17H20O. The lowest BCUT2D eigenvalue weighted by Gasteiger charge is -2.17. The molecule has 0 aliphatic heterocycles. The standard InChI is InChI=1S/C17H20O/c1-12-5-7-14(8-6-12)17(18)16-10-9-13-3-2-4-15(13)11-16/h7,9-12H,2-6,8H2,1H3. The maximum Gasteiger partial charge on any atom is 0.188 e. The van der Waals surface area contributed by atoms with E-state index in [1.165, 1.54) is 24.0 Å². The molecule has 94 valence electrons. The molecule has 0 fully saturated rings. The number of hydrogen-bond acceptors (Lipinski definition) is 1. The number of ketones is 1. The molecule has 0 saturated heterocycles. The Kier molecular flexibility index (Phi) is 3.07. The molecule has 1 atom stereocenters. The summed E-state index contributed by atoms with van der Waals surface area (Å²) in [4.78, 5) is 12.4. The molecule has 1 unspecified atom stereocenters. The predicted molar refractivity (Wildman–Crippen MR) is 73.9 cm³/mol. The van der Waals surface area contributed by atoms with E-state index >= 15 is 0 Å². The van der Waals surface area contributed by atoms with Crippen LogP contribution >= 0.6 is 0 Å². The van der Waals surface area contributed by atoms with Crippen LogP contribution in [0, 0.1) is 5.92 Å². The molecule has 0 amide bonds. The van der Waals surface area contributed by atoms with E-state index in [-0.39, 0.29) is 5.78 Å². The zero-order valence-corrected chi connectivity index (χ0v) is 11.0. The summed E-state index contributed by atoms with van der Waals surface area (Å²) in [6.07, 6.45) is 8.90. The highest BCUT2D eigenvalue weighted by Gasteiger charge is 2.19. The summed E-state index contributed by atoms with van der Waals surface area (Å²) in [5.41, 5.74) is 4.77. The van der Waals surface area contributed by atoms with Gasteiger partial charge in [0.05, 0.1) is 0 Å². The second-order valence-electron chi connectivity index (χ2n) is 5.78. The van der Waals surface area contributed by atoms with Crippen molar-refractivity contribution in [2.45, 2.75) is 45.4 Å². The lowest BCUT2D eigenvalue weighted by Crippen LogP contribution is -2.10. The van der Waals surface area contributed by atoms with Gasteiger partial charge in [-0.25, -0.2) is 0 Å². The molecule has 2 aliphatic rings. The molecule has 0 saturated carbocycles. The van der Waals surface area contributed by atoms with Crippen molar-refractivity contribution in [2.75, 3.05) is 0 Å². The van der Waals surface area contributed by atoms with Crippen LogP contribution in [0.2, 0.25) is 0 Å². The molecular weight excluding hydrogens is 220 g/mol. The van der Waals surface area contributed by atoms with Crippen molar-refractivity contribution in [3.63, 3.8) is 0 Å². The average molecular weight is 240 g/mol. The minimum Gasteiger partial charge on any atom is -0.289 e. The Morgan fingerprint density at radius 1 is 1.17 bits per heavy atom. The number of carbonyl (C=O) groups is 1. The maximum atomic E-state index is 12.4. The highest BCUT2D eigenvalue weighted by Crippen LogP contribution is 2.28. The second kappa shape index (κ2) is 4.72. The number of aryl methyl sites for hydroxylation is 2. The van der Waals surface area contributed by atoms with Gasteiger partial charge in [0, 0.05) is 5.56 Å². The van der Waals surface area contributed by atoms with Crippen LogP contribution in [0.3, 0.4) is 0 Å². The fourth-order valence-corrected chi connectivity index (χ4v) is 3.07. The van der Waals surface area contributed by atoms with E-state index in [0.717, 1.165) is 42.7 Å². The number of carbonyl (C=O) groups excluding carboxylic acids is 1. The van der Waals surface area contributed by atoms with Gasteiger partial charge in [0.1, 0.15) is 0 Å². The Labute approximate surface area is 109 Å². The number of Topliss-reactive ketones (excluding diaryl/α,β-unsaturated/α-hetero) is 1. The number of hydrogen-bond donors (Lipinski definition) is 0. The highest BCUT2D eigenvalue weighted by atomic mass is 16.1. The van der Waals surface area contributed by atoms with Gasteiger partial charge in [-0.05, 0) is 67.2 Å². The second-order valence-corrected chi connectivity index (χ2v) is 5.78. The summed E-state index contributed by atoms with van der Waals surface area (Å²) in [5, 5.41) is 0. The SMILES string of the molecule is CC1CC=C(C(=O)c2ccc3c(c2)CCC3)CC1. The molecule has 0 spiro atoms. The van der Waals surface area contributed by atoms with Crippen LogP contribution in [-0.2, 0) is 12.8 Å². The molecule has 2 aliphatic carbocycles. The van der Waals surface area contributed by atoms with Crippen molar-refractivity contribution in [3.05, 3.63) is 46.5 Å². The van der Waals surface area contributed by atoms with Crippen molar-refractivity contribution in [1.82, 2.24) is 0 Å². The first-order valence-corrected chi connectivity index (χ1v) is 7.09. The molecule has 1 heteroatoms. The van der Waals surface area contributed by atoms with Crippen LogP contribution in [0.15, 0.2) is 29.8 Å². The third-order valence-electron chi connectivity index (χ3n) is 4.33. The summed E-state index contributed by atoms with van der Waals surface area (Å²) in [5.74, 6) is 0.998. The molecule has 0 heterocycles. The van der Waals surface area contributed by atoms with Gasteiger partial charge < -0.3 is 0 Å². The zero-order chi connectivity index (χ0) is 12.5. The van der Waals surface area contributed by atoms with E-state index in [1.54, 1.807) is 0 Å². The van der Waals surface area contributed by atoms with Gasteiger partial charge in [-0.2, -0.15) is 0 Å². The fourth-order valence-electron chi connectivity index (χ4n) is 3.07. The summed E-state index contributed by atoms with van der Waals surface area (Å²) >= 11 is 0. The van der Waals surface area contributed by atoms with Crippen molar-refractivity contribution in [3.8, 4) is 0 Å². The van der Waals surface area contributed by atoms with E-state index in [4.69, 9.17) is 0 Å². The van der Waals surface area contributed by atoms with Crippen LogP contribution < -0.4 is 0 Å². The summed E-state index contributed by atoms with van der Waals surface area (Å²) in [7, 11) is 0. The summed E-state index contributed by atoms with van der Waals surface area (Å²) in [6.45, 7) is 2.26. The maximum absolute atomic E-state index is 12.4. The highest BCUT2D eigenvalue weighted by molar-refractivity contribution is 6.08. The van der Waals surface area contributed by atoms with Crippen molar-refractivity contribution in [1.29, 1.82) is 0 Å². The molecule has 18 heavy (non-hydrogen) atoms. The van der Waals surface area contributed by atoms with E-state index in [0.29, 0.717) is 0 Å². The van der Waals surface area contributed by atoms with Crippen LogP contribution in [0.4, 0.5) is 0 Å². The Bertz CT molecular complexity index is 510. The largest absolute Gasteiger partial charge is 0.289 e. The predicted octanol–water partition coefficient (Wildman–Crippen LogP) is 4.10. The lowest BCUT2D eigenvalue weighted by molar-refractivity contribution is 0.102. The van der Waals surface area contributed by atoms with Gasteiger partial charge in [0.15, 0.2) is 5.78 Å². The molecule has 3 rings (SSSR count). The van der Waals surface area contributed by atoms with Crippen LogP contribution in [0.25, 0.3) is 0 Å². The number of fused-ring (bicyclic) bond motifs is 1. The zero-order valence-electron chi connectivity index (χ0n) is 11.0. The normalized spacial score (nSPS) is 22.5. The smallest absolute Gasteiger partial charge is 0.188 e. The molecule has 0 radical (unpaired) electrons. The Morgan fingerprint density at radius 3 is 2.78 bits per heavy atom. The third kappa shape index (κ3) is 2.14. The first-order valence-electron chi connectivity index (χ1n) is 7.09. The van der Waals surface area contributed by atoms with Crippen LogP contribution in [-0.4, -0.2) is 5.78 Å². The third-order valence-corrected chi connectivity index (χ3v) is 4.33. The first kappa shape index (κ1) is 11.7. The van der Waals surface area contributed by atoms with Crippen LogP contribution in [0.1, 0.15) is 54.1 Å². The minimum absolute atomic E-state index is 0.261. The van der Waals surface area contributed by atoms with Crippen molar-refractivity contribution < 1.29 is 4.79 Å². The van der Waals surface area contributed by atoms with E-state index in [1.807, 2.05) is 6.07 Å². The summed E-state index contributed by atoms with van der Waals surface area (Å²) in [6, 6.07) is 6.30. The van der Waals surface area contributed by atoms with Crippen LogP contribution in [0.5, 0.6) is 0 Å². The fraction of sp³-hybridized carbons (Fsp3) is 0.471.